The van der Waals surface area contributed by atoms with Crippen LogP contribution in [0, 0.1) is 0 Å². The number of benzene rings is 1. The predicted molar refractivity (Wildman–Crippen MR) is 75.8 cm³/mol. The van der Waals surface area contributed by atoms with Gasteiger partial charge in [0, 0.05) is 12.2 Å². The van der Waals surface area contributed by atoms with Crippen LogP contribution in [0.5, 0.6) is 0 Å². The molecule has 0 amide bonds. The molecule has 0 saturated carbocycles. The van der Waals surface area contributed by atoms with E-state index in [1.165, 1.54) is 0 Å². The highest BCUT2D eigenvalue weighted by Crippen LogP contribution is 2.18. The second-order valence-corrected chi connectivity index (χ2v) is 5.66. The minimum atomic E-state index is -0.529. The van der Waals surface area contributed by atoms with Gasteiger partial charge < -0.3 is 14.7 Å². The van der Waals surface area contributed by atoms with Crippen LogP contribution in [0.4, 0.5) is 5.69 Å². The van der Waals surface area contributed by atoms with Gasteiger partial charge in [-0.2, -0.15) is 0 Å². The van der Waals surface area contributed by atoms with Gasteiger partial charge in [0.25, 0.3) is 0 Å². The molecule has 1 aromatic carbocycles. The second-order valence-electron chi connectivity index (χ2n) is 5.66. The number of hydrogen-bond acceptors (Lipinski definition) is 3. The van der Waals surface area contributed by atoms with Gasteiger partial charge in [0.1, 0.15) is 6.23 Å². The number of hydrogen-bond donors (Lipinski definition) is 1. The molecular weight excluding hydrogens is 226 g/mol. The van der Waals surface area contributed by atoms with Crippen molar-refractivity contribution in [3.8, 4) is 0 Å². The average molecular weight is 251 g/mol. The van der Waals surface area contributed by atoms with E-state index >= 15 is 0 Å². The Morgan fingerprint density at radius 2 is 1.72 bits per heavy atom. The minimum absolute atomic E-state index is 0.0554. The molecule has 102 valence electrons. The molecule has 0 bridgehead atoms. The minimum Gasteiger partial charge on any atom is -0.374 e. The Labute approximate surface area is 110 Å². The first-order valence-corrected chi connectivity index (χ1v) is 6.47. The van der Waals surface area contributed by atoms with Crippen molar-refractivity contribution in [1.82, 2.24) is 0 Å². The second kappa shape index (κ2) is 6.21. The number of anilines is 1. The molecule has 3 nitrogen and oxygen atoms in total. The lowest BCUT2D eigenvalue weighted by molar-refractivity contribution is -0.0498. The summed E-state index contributed by atoms with van der Waals surface area (Å²) in [5, 5.41) is 9.88. The highest BCUT2D eigenvalue weighted by molar-refractivity contribution is 5.46. The van der Waals surface area contributed by atoms with Gasteiger partial charge in [0.2, 0.25) is 0 Å². The summed E-state index contributed by atoms with van der Waals surface area (Å²) in [6, 6.07) is 9.91. The first-order chi connectivity index (χ1) is 8.29. The maximum Gasteiger partial charge on any atom is 0.124 e. The van der Waals surface area contributed by atoms with Crippen LogP contribution in [0.3, 0.4) is 0 Å². The van der Waals surface area contributed by atoms with E-state index in [2.05, 4.69) is 0 Å². The molecule has 1 aromatic rings. The van der Waals surface area contributed by atoms with Gasteiger partial charge in [-0.05, 0) is 46.8 Å². The van der Waals surface area contributed by atoms with E-state index in [1.807, 2.05) is 62.9 Å². The Balaban J connectivity index is 2.70. The SMILES string of the molecule is CC(CN(c1ccccc1)C(C)O)OC(C)(C)C. The molecule has 3 heteroatoms. The number of rotatable bonds is 5. The Bertz CT molecular complexity index is 343. The van der Waals surface area contributed by atoms with Crippen LogP contribution in [-0.2, 0) is 4.74 Å². The van der Waals surface area contributed by atoms with Crippen molar-refractivity contribution >= 4 is 5.69 Å². The quantitative estimate of drug-likeness (QED) is 0.816. The van der Waals surface area contributed by atoms with Gasteiger partial charge in [-0.15, -0.1) is 0 Å². The monoisotopic (exact) mass is 251 g/mol. The standard InChI is InChI=1S/C15H25NO2/c1-12(18-15(3,4)5)11-16(13(2)17)14-9-7-6-8-10-14/h6-10,12-13,17H,11H2,1-5H3. The van der Waals surface area contributed by atoms with Gasteiger partial charge >= 0.3 is 0 Å². The van der Waals surface area contributed by atoms with Crippen molar-refractivity contribution in [3.05, 3.63) is 30.3 Å². The molecule has 1 N–H and O–H groups in total. The Kier molecular flexibility index (Phi) is 5.17. The van der Waals surface area contributed by atoms with Crippen molar-refractivity contribution in [1.29, 1.82) is 0 Å². The molecule has 0 spiro atoms. The van der Waals surface area contributed by atoms with Gasteiger partial charge in [-0.1, -0.05) is 18.2 Å². The fourth-order valence-electron chi connectivity index (χ4n) is 2.01. The Hall–Kier alpha value is -1.06. The zero-order valence-electron chi connectivity index (χ0n) is 12.1. The summed E-state index contributed by atoms with van der Waals surface area (Å²) in [6.45, 7) is 10.6. The van der Waals surface area contributed by atoms with E-state index in [0.29, 0.717) is 6.54 Å². The summed E-state index contributed by atoms with van der Waals surface area (Å²) >= 11 is 0. The third-order valence-electron chi connectivity index (χ3n) is 2.55. The van der Waals surface area contributed by atoms with E-state index in [0.717, 1.165) is 5.69 Å². The molecule has 2 atom stereocenters. The summed E-state index contributed by atoms with van der Waals surface area (Å²) in [5.41, 5.74) is 0.845. The summed E-state index contributed by atoms with van der Waals surface area (Å²) in [5.74, 6) is 0. The van der Waals surface area contributed by atoms with E-state index in [4.69, 9.17) is 4.74 Å². The Morgan fingerprint density at radius 3 is 2.17 bits per heavy atom. The largest absolute Gasteiger partial charge is 0.374 e. The van der Waals surface area contributed by atoms with Gasteiger partial charge in [0.05, 0.1) is 11.7 Å². The number of ether oxygens (including phenoxy) is 1. The zero-order chi connectivity index (χ0) is 13.8. The molecule has 0 aromatic heterocycles. The van der Waals surface area contributed by atoms with Crippen LogP contribution >= 0.6 is 0 Å². The predicted octanol–water partition coefficient (Wildman–Crippen LogP) is 3.03. The number of nitrogens with zero attached hydrogens (tertiary/aromatic N) is 1. The molecule has 0 aliphatic heterocycles. The molecule has 2 unspecified atom stereocenters. The highest BCUT2D eigenvalue weighted by Gasteiger charge is 2.20. The molecule has 0 aliphatic rings. The molecule has 18 heavy (non-hydrogen) atoms. The lowest BCUT2D eigenvalue weighted by Gasteiger charge is -2.33. The van der Waals surface area contributed by atoms with Crippen LogP contribution in [0.25, 0.3) is 0 Å². The molecule has 0 fully saturated rings. The van der Waals surface area contributed by atoms with Crippen molar-refractivity contribution < 1.29 is 9.84 Å². The number of aliphatic hydroxyl groups excluding tert-OH is 1. The maximum absolute atomic E-state index is 9.88. The van der Waals surface area contributed by atoms with E-state index in [-0.39, 0.29) is 11.7 Å². The van der Waals surface area contributed by atoms with Crippen molar-refractivity contribution in [3.63, 3.8) is 0 Å². The number of para-hydroxylation sites is 1. The summed E-state index contributed by atoms with van der Waals surface area (Å²) < 4.78 is 5.89. The van der Waals surface area contributed by atoms with Crippen molar-refractivity contribution in [2.45, 2.75) is 52.6 Å². The molecule has 0 saturated heterocycles. The van der Waals surface area contributed by atoms with Crippen LogP contribution in [-0.4, -0.2) is 29.6 Å². The molecule has 0 radical (unpaired) electrons. The van der Waals surface area contributed by atoms with Crippen LogP contribution in [0.1, 0.15) is 34.6 Å². The van der Waals surface area contributed by atoms with Gasteiger partial charge in [-0.3, -0.25) is 0 Å². The highest BCUT2D eigenvalue weighted by atomic mass is 16.5. The van der Waals surface area contributed by atoms with E-state index < -0.39 is 6.23 Å². The third kappa shape index (κ3) is 5.07. The fraction of sp³-hybridized carbons (Fsp3) is 0.600. The number of aliphatic hydroxyl groups is 1. The van der Waals surface area contributed by atoms with Gasteiger partial charge in [0.15, 0.2) is 0 Å². The first kappa shape index (κ1) is 15.0. The zero-order valence-corrected chi connectivity index (χ0v) is 12.1. The summed E-state index contributed by atoms with van der Waals surface area (Å²) in [6.07, 6.45) is -0.474. The lowest BCUT2D eigenvalue weighted by Crippen LogP contribution is -2.41. The van der Waals surface area contributed by atoms with E-state index in [1.54, 1.807) is 6.92 Å². The average Bonchev–Trinajstić information content (AvgIpc) is 2.24. The smallest absolute Gasteiger partial charge is 0.124 e. The van der Waals surface area contributed by atoms with E-state index in [9.17, 15) is 5.11 Å². The third-order valence-corrected chi connectivity index (χ3v) is 2.55. The normalized spacial score (nSPS) is 15.2. The van der Waals surface area contributed by atoms with Crippen LogP contribution < -0.4 is 4.90 Å². The van der Waals surface area contributed by atoms with Crippen molar-refractivity contribution in [2.24, 2.45) is 0 Å². The Morgan fingerprint density at radius 1 is 1.17 bits per heavy atom. The van der Waals surface area contributed by atoms with Crippen LogP contribution in [0.15, 0.2) is 30.3 Å². The molecule has 1 rings (SSSR count). The maximum atomic E-state index is 9.88. The van der Waals surface area contributed by atoms with Crippen LogP contribution in [0.2, 0.25) is 0 Å². The topological polar surface area (TPSA) is 32.7 Å². The molecule has 0 aliphatic carbocycles. The summed E-state index contributed by atoms with van der Waals surface area (Å²) in [4.78, 5) is 1.94. The molecule has 0 heterocycles. The fourth-order valence-corrected chi connectivity index (χ4v) is 2.01. The molecular formula is C15H25NO2. The van der Waals surface area contributed by atoms with Crippen molar-refractivity contribution in [2.75, 3.05) is 11.4 Å². The lowest BCUT2D eigenvalue weighted by atomic mass is 10.2. The first-order valence-electron chi connectivity index (χ1n) is 6.47. The van der Waals surface area contributed by atoms with Gasteiger partial charge in [-0.25, -0.2) is 0 Å². The summed E-state index contributed by atoms with van der Waals surface area (Å²) in [7, 11) is 0.